The number of likely N-dealkylation sites (N-methyl/N-ethyl adjacent to an activating group) is 1. The summed E-state index contributed by atoms with van der Waals surface area (Å²) >= 11 is 0. The monoisotopic (exact) mass is 424 g/mol. The lowest BCUT2D eigenvalue weighted by Gasteiger charge is -2.27. The molecule has 8 nitrogen and oxygen atoms in total. The fourth-order valence-electron chi connectivity index (χ4n) is 4.68. The minimum absolute atomic E-state index is 0.103. The third-order valence-electron chi connectivity index (χ3n) is 6.61. The quantitative estimate of drug-likeness (QED) is 0.757. The standard InChI is InChI=1S/C23H32N6O2/c1-27(2)15-12-24-22(31)21-26-25-19-8-9-23(11-14-29(19)21)10-13-28(17-23)20(30)16-18-6-4-3-5-7-18/h3-7H,8-17H2,1-2H3,(H,24,31)/t23-/m1/s1. The normalized spacial score (nSPS) is 20.7. The maximum absolute atomic E-state index is 12.8. The van der Waals surface area contributed by atoms with Gasteiger partial charge in [0.2, 0.25) is 11.7 Å². The molecule has 0 bridgehead atoms. The highest BCUT2D eigenvalue weighted by atomic mass is 16.2. The van der Waals surface area contributed by atoms with E-state index >= 15 is 0 Å². The number of benzene rings is 1. The molecule has 2 aromatic rings. The minimum atomic E-state index is -0.164. The van der Waals surface area contributed by atoms with E-state index in [1.54, 1.807) is 0 Å². The van der Waals surface area contributed by atoms with E-state index in [2.05, 4.69) is 15.5 Å². The van der Waals surface area contributed by atoms with Crippen molar-refractivity contribution in [3.63, 3.8) is 0 Å². The molecular weight excluding hydrogens is 392 g/mol. The lowest BCUT2D eigenvalue weighted by atomic mass is 9.80. The van der Waals surface area contributed by atoms with E-state index in [1.807, 2.05) is 58.8 Å². The molecule has 0 aliphatic carbocycles. The number of aryl methyl sites for hydroxylation is 1. The van der Waals surface area contributed by atoms with Crippen LogP contribution in [0.4, 0.5) is 0 Å². The summed E-state index contributed by atoms with van der Waals surface area (Å²) in [6.45, 7) is 3.68. The average Bonchev–Trinajstić information content (AvgIpc) is 3.31. The van der Waals surface area contributed by atoms with Crippen molar-refractivity contribution < 1.29 is 9.59 Å². The second-order valence-corrected chi connectivity index (χ2v) is 9.13. The maximum atomic E-state index is 12.8. The van der Waals surface area contributed by atoms with Gasteiger partial charge in [-0.15, -0.1) is 10.2 Å². The Bertz CT molecular complexity index is 925. The van der Waals surface area contributed by atoms with Gasteiger partial charge in [-0.05, 0) is 44.3 Å². The summed E-state index contributed by atoms with van der Waals surface area (Å²) < 4.78 is 1.98. The second kappa shape index (κ2) is 9.18. The van der Waals surface area contributed by atoms with Gasteiger partial charge in [-0.2, -0.15) is 0 Å². The summed E-state index contributed by atoms with van der Waals surface area (Å²) in [4.78, 5) is 29.5. The molecule has 2 amide bonds. The lowest BCUT2D eigenvalue weighted by molar-refractivity contribution is -0.129. The Morgan fingerprint density at radius 3 is 2.65 bits per heavy atom. The van der Waals surface area contributed by atoms with Crippen LogP contribution in [0.3, 0.4) is 0 Å². The molecule has 1 aromatic carbocycles. The number of likely N-dealkylation sites (tertiary alicyclic amines) is 1. The zero-order valence-electron chi connectivity index (χ0n) is 18.5. The van der Waals surface area contributed by atoms with Gasteiger partial charge in [-0.25, -0.2) is 0 Å². The predicted molar refractivity (Wildman–Crippen MR) is 118 cm³/mol. The van der Waals surface area contributed by atoms with E-state index in [9.17, 15) is 9.59 Å². The summed E-state index contributed by atoms with van der Waals surface area (Å²) in [6.07, 6.45) is 4.17. The molecule has 166 valence electrons. The molecular formula is C23H32N6O2. The molecule has 1 aromatic heterocycles. The number of hydrogen-bond donors (Lipinski definition) is 1. The van der Waals surface area contributed by atoms with Crippen molar-refractivity contribution in [1.82, 2.24) is 29.9 Å². The summed E-state index contributed by atoms with van der Waals surface area (Å²) in [5.41, 5.74) is 1.16. The van der Waals surface area contributed by atoms with Crippen molar-refractivity contribution in [2.45, 2.75) is 38.6 Å². The number of carbonyl (C=O) groups is 2. The van der Waals surface area contributed by atoms with Crippen LogP contribution in [0.25, 0.3) is 0 Å². The predicted octanol–water partition coefficient (Wildman–Crippen LogP) is 1.37. The van der Waals surface area contributed by atoms with Gasteiger partial charge in [-0.1, -0.05) is 30.3 Å². The van der Waals surface area contributed by atoms with Crippen molar-refractivity contribution in [3.05, 3.63) is 47.5 Å². The van der Waals surface area contributed by atoms with Crippen LogP contribution in [0.5, 0.6) is 0 Å². The SMILES string of the molecule is CN(C)CCNC(=O)c1nnc2n1CC[C@@]1(CC2)CCN(C(=O)Cc2ccccc2)C1. The summed E-state index contributed by atoms with van der Waals surface area (Å²) in [7, 11) is 3.95. The Morgan fingerprint density at radius 1 is 1.10 bits per heavy atom. The lowest BCUT2D eigenvalue weighted by Crippen LogP contribution is -2.34. The summed E-state index contributed by atoms with van der Waals surface area (Å²) in [6, 6.07) is 9.94. The molecule has 3 heterocycles. The molecule has 31 heavy (non-hydrogen) atoms. The van der Waals surface area contributed by atoms with Crippen LogP contribution in [0.2, 0.25) is 0 Å². The first kappa shape index (κ1) is 21.5. The van der Waals surface area contributed by atoms with E-state index in [0.717, 1.165) is 63.3 Å². The fraction of sp³-hybridized carbons (Fsp3) is 0.565. The van der Waals surface area contributed by atoms with Gasteiger partial charge in [0, 0.05) is 39.1 Å². The van der Waals surface area contributed by atoms with Gasteiger partial charge in [0.15, 0.2) is 0 Å². The molecule has 1 spiro atoms. The van der Waals surface area contributed by atoms with Crippen molar-refractivity contribution in [2.24, 2.45) is 5.41 Å². The molecule has 2 aliphatic rings. The molecule has 1 atom stereocenters. The first-order valence-corrected chi connectivity index (χ1v) is 11.1. The van der Waals surface area contributed by atoms with Crippen LogP contribution in [0.1, 0.15) is 41.3 Å². The zero-order valence-corrected chi connectivity index (χ0v) is 18.5. The summed E-state index contributed by atoms with van der Waals surface area (Å²) in [5, 5.41) is 11.4. The molecule has 0 unspecified atom stereocenters. The Kier molecular flexibility index (Phi) is 6.36. The van der Waals surface area contributed by atoms with Gasteiger partial charge in [0.1, 0.15) is 5.82 Å². The van der Waals surface area contributed by atoms with Crippen molar-refractivity contribution in [3.8, 4) is 0 Å². The Balaban J connectivity index is 1.37. The minimum Gasteiger partial charge on any atom is -0.348 e. The smallest absolute Gasteiger partial charge is 0.289 e. The van der Waals surface area contributed by atoms with E-state index in [1.165, 1.54) is 0 Å². The Morgan fingerprint density at radius 2 is 1.87 bits per heavy atom. The third-order valence-corrected chi connectivity index (χ3v) is 6.61. The molecule has 4 rings (SSSR count). The zero-order chi connectivity index (χ0) is 21.8. The number of nitrogens with one attached hydrogen (secondary N) is 1. The summed E-state index contributed by atoms with van der Waals surface area (Å²) in [5.74, 6) is 1.32. The first-order valence-electron chi connectivity index (χ1n) is 11.1. The number of aromatic nitrogens is 3. The molecule has 0 saturated carbocycles. The van der Waals surface area contributed by atoms with Gasteiger partial charge in [0.25, 0.3) is 5.91 Å². The molecule has 0 radical (unpaired) electrons. The third kappa shape index (κ3) is 4.95. The molecule has 2 aliphatic heterocycles. The van der Waals surface area contributed by atoms with Gasteiger partial charge in [0.05, 0.1) is 6.42 Å². The number of rotatable bonds is 6. The highest BCUT2D eigenvalue weighted by Gasteiger charge is 2.41. The molecule has 1 saturated heterocycles. The van der Waals surface area contributed by atoms with E-state index < -0.39 is 0 Å². The van der Waals surface area contributed by atoms with E-state index in [-0.39, 0.29) is 17.2 Å². The maximum Gasteiger partial charge on any atom is 0.289 e. The van der Waals surface area contributed by atoms with Crippen LogP contribution >= 0.6 is 0 Å². The van der Waals surface area contributed by atoms with Crippen LogP contribution in [-0.2, 0) is 24.2 Å². The highest BCUT2D eigenvalue weighted by Crippen LogP contribution is 2.41. The topological polar surface area (TPSA) is 83.4 Å². The molecule has 8 heteroatoms. The molecule has 1 N–H and O–H groups in total. The van der Waals surface area contributed by atoms with Crippen molar-refractivity contribution in [1.29, 1.82) is 0 Å². The number of carbonyl (C=O) groups excluding carboxylic acids is 2. The second-order valence-electron chi connectivity index (χ2n) is 9.13. The number of hydrogen-bond acceptors (Lipinski definition) is 5. The van der Waals surface area contributed by atoms with E-state index in [0.29, 0.717) is 18.8 Å². The first-order chi connectivity index (χ1) is 15.0. The largest absolute Gasteiger partial charge is 0.348 e. The van der Waals surface area contributed by atoms with Crippen molar-refractivity contribution in [2.75, 3.05) is 40.3 Å². The highest BCUT2D eigenvalue weighted by molar-refractivity contribution is 5.90. The Labute approximate surface area is 183 Å². The van der Waals surface area contributed by atoms with Crippen LogP contribution in [0.15, 0.2) is 30.3 Å². The van der Waals surface area contributed by atoms with Gasteiger partial charge < -0.3 is 19.7 Å². The fourth-order valence-corrected chi connectivity index (χ4v) is 4.68. The van der Waals surface area contributed by atoms with Gasteiger partial charge in [-0.3, -0.25) is 9.59 Å². The van der Waals surface area contributed by atoms with E-state index in [4.69, 9.17) is 0 Å². The van der Waals surface area contributed by atoms with Crippen LogP contribution in [0, 0.1) is 5.41 Å². The molecule has 1 fully saturated rings. The van der Waals surface area contributed by atoms with Gasteiger partial charge >= 0.3 is 0 Å². The average molecular weight is 425 g/mol. The number of fused-ring (bicyclic) bond motifs is 1. The number of nitrogens with zero attached hydrogens (tertiary/aromatic N) is 5. The van der Waals surface area contributed by atoms with Crippen LogP contribution < -0.4 is 5.32 Å². The Hall–Kier alpha value is -2.74. The number of amides is 2. The van der Waals surface area contributed by atoms with Crippen molar-refractivity contribution >= 4 is 11.8 Å². The van der Waals surface area contributed by atoms with Crippen LogP contribution in [-0.4, -0.2) is 76.7 Å².